The molecule has 1 aromatic carbocycles. The molecule has 156 valence electrons. The van der Waals surface area contributed by atoms with Crippen LogP contribution in [-0.4, -0.2) is 48.7 Å². The molecule has 1 aromatic heterocycles. The van der Waals surface area contributed by atoms with Crippen LogP contribution in [-0.2, 0) is 20.9 Å². The summed E-state index contributed by atoms with van der Waals surface area (Å²) < 4.78 is 15.2. The zero-order valence-electron chi connectivity index (χ0n) is 17.2. The molecule has 2 aromatic rings. The molecule has 1 aliphatic heterocycles. The van der Waals surface area contributed by atoms with Gasteiger partial charge in [-0.15, -0.1) is 0 Å². The van der Waals surface area contributed by atoms with E-state index in [0.29, 0.717) is 18.5 Å². The van der Waals surface area contributed by atoms with E-state index in [0.717, 1.165) is 11.3 Å². The predicted molar refractivity (Wildman–Crippen MR) is 105 cm³/mol. The molecule has 0 unspecified atom stereocenters. The number of likely N-dealkylation sites (N-methyl/N-ethyl adjacent to an activating group) is 1. The molecule has 1 saturated heterocycles. The first kappa shape index (κ1) is 20.9. The smallest absolute Gasteiger partial charge is 0.326 e. The normalized spacial score (nSPS) is 24.3. The molecule has 0 saturated carbocycles. The van der Waals surface area contributed by atoms with E-state index in [1.54, 1.807) is 13.2 Å². The standard InChI is InChI=1S/C21H27N3O5/c1-5-21(20(26)28-4)12-17(19(25)22-13-15-10-11-29-23-15)18(24(21)2)14-6-8-16(27-3)9-7-14/h6-11,17-18H,5,12-13H2,1-4H3,(H,22,25)/t17-,18-,21-/m0/s1. The minimum Gasteiger partial charge on any atom is -0.497 e. The van der Waals surface area contributed by atoms with Crippen molar-refractivity contribution in [3.8, 4) is 5.75 Å². The summed E-state index contributed by atoms with van der Waals surface area (Å²) in [5.74, 6) is -0.164. The Labute approximate surface area is 170 Å². The van der Waals surface area contributed by atoms with Gasteiger partial charge >= 0.3 is 5.97 Å². The molecule has 0 radical (unpaired) electrons. The van der Waals surface area contributed by atoms with Crippen LogP contribution in [0.25, 0.3) is 0 Å². The number of carbonyl (C=O) groups is 2. The number of methoxy groups -OCH3 is 2. The third kappa shape index (κ3) is 3.85. The van der Waals surface area contributed by atoms with E-state index < -0.39 is 11.5 Å². The lowest BCUT2D eigenvalue weighted by molar-refractivity contribution is -0.153. The maximum absolute atomic E-state index is 13.1. The van der Waals surface area contributed by atoms with E-state index in [-0.39, 0.29) is 24.5 Å². The first-order valence-corrected chi connectivity index (χ1v) is 9.59. The highest BCUT2D eigenvalue weighted by Gasteiger charge is 2.56. The van der Waals surface area contributed by atoms with Crippen molar-refractivity contribution in [3.63, 3.8) is 0 Å². The Balaban J connectivity index is 1.92. The van der Waals surface area contributed by atoms with Crippen LogP contribution in [0.4, 0.5) is 0 Å². The maximum Gasteiger partial charge on any atom is 0.326 e. The Morgan fingerprint density at radius 2 is 2.00 bits per heavy atom. The minimum atomic E-state index is -0.866. The highest BCUT2D eigenvalue weighted by Crippen LogP contribution is 2.48. The number of carbonyl (C=O) groups excluding carboxylic acids is 2. The molecule has 1 N–H and O–H groups in total. The van der Waals surface area contributed by atoms with Crippen LogP contribution in [0.5, 0.6) is 5.75 Å². The van der Waals surface area contributed by atoms with E-state index in [4.69, 9.17) is 14.0 Å². The number of nitrogens with zero attached hydrogens (tertiary/aromatic N) is 2. The van der Waals surface area contributed by atoms with Crippen molar-refractivity contribution in [1.29, 1.82) is 0 Å². The molecule has 1 amide bonds. The lowest BCUT2D eigenvalue weighted by Crippen LogP contribution is -2.49. The lowest BCUT2D eigenvalue weighted by Gasteiger charge is -2.35. The van der Waals surface area contributed by atoms with Crippen LogP contribution in [0.1, 0.15) is 37.1 Å². The third-order valence-corrected chi connectivity index (χ3v) is 5.91. The van der Waals surface area contributed by atoms with Gasteiger partial charge in [-0.25, -0.2) is 0 Å². The van der Waals surface area contributed by atoms with Crippen LogP contribution in [0.2, 0.25) is 0 Å². The van der Waals surface area contributed by atoms with Crippen molar-refractivity contribution in [1.82, 2.24) is 15.4 Å². The van der Waals surface area contributed by atoms with Gasteiger partial charge in [0.15, 0.2) is 0 Å². The summed E-state index contributed by atoms with van der Waals surface area (Å²) in [6.45, 7) is 2.20. The number of hydrogen-bond acceptors (Lipinski definition) is 7. The summed E-state index contributed by atoms with van der Waals surface area (Å²) in [5.41, 5.74) is 0.712. The van der Waals surface area contributed by atoms with Crippen molar-refractivity contribution >= 4 is 11.9 Å². The molecule has 1 aliphatic rings. The van der Waals surface area contributed by atoms with Gasteiger partial charge in [0.2, 0.25) is 5.91 Å². The number of nitrogens with one attached hydrogen (secondary N) is 1. The monoisotopic (exact) mass is 401 g/mol. The zero-order chi connectivity index (χ0) is 21.0. The molecule has 2 heterocycles. The summed E-state index contributed by atoms with van der Waals surface area (Å²) in [4.78, 5) is 27.8. The quantitative estimate of drug-likeness (QED) is 0.712. The zero-order valence-corrected chi connectivity index (χ0v) is 17.2. The van der Waals surface area contributed by atoms with E-state index >= 15 is 0 Å². The molecule has 0 aliphatic carbocycles. The first-order chi connectivity index (χ1) is 14.0. The van der Waals surface area contributed by atoms with E-state index in [1.807, 2.05) is 43.1 Å². The Morgan fingerprint density at radius 1 is 1.28 bits per heavy atom. The number of rotatable bonds is 7. The highest BCUT2D eigenvalue weighted by atomic mass is 16.5. The van der Waals surface area contributed by atoms with Crippen molar-refractivity contribution in [2.24, 2.45) is 5.92 Å². The van der Waals surface area contributed by atoms with Gasteiger partial charge in [-0.1, -0.05) is 24.2 Å². The third-order valence-electron chi connectivity index (χ3n) is 5.91. The number of aromatic nitrogens is 1. The van der Waals surface area contributed by atoms with Gasteiger partial charge in [-0.2, -0.15) is 0 Å². The van der Waals surface area contributed by atoms with Crippen LogP contribution >= 0.6 is 0 Å². The summed E-state index contributed by atoms with van der Waals surface area (Å²) in [5, 5.41) is 6.75. The average molecular weight is 401 g/mol. The molecule has 8 heteroatoms. The SMILES string of the molecule is CC[C@@]1(C(=O)OC)C[C@H](C(=O)NCc2ccon2)[C@H](c2ccc(OC)cc2)N1C. The van der Waals surface area contributed by atoms with Gasteiger partial charge in [-0.3, -0.25) is 14.5 Å². The van der Waals surface area contributed by atoms with Gasteiger partial charge in [0.1, 0.15) is 23.2 Å². The predicted octanol–water partition coefficient (Wildman–Crippen LogP) is 2.31. The van der Waals surface area contributed by atoms with Crippen molar-refractivity contribution in [2.75, 3.05) is 21.3 Å². The number of hydrogen-bond donors (Lipinski definition) is 1. The lowest BCUT2D eigenvalue weighted by atomic mass is 9.87. The highest BCUT2D eigenvalue weighted by molar-refractivity contribution is 5.86. The van der Waals surface area contributed by atoms with E-state index in [2.05, 4.69) is 10.5 Å². The van der Waals surface area contributed by atoms with Gasteiger partial charge < -0.3 is 19.3 Å². The van der Waals surface area contributed by atoms with Crippen LogP contribution in [0, 0.1) is 5.92 Å². The average Bonchev–Trinajstić information content (AvgIpc) is 3.38. The molecule has 3 rings (SSSR count). The van der Waals surface area contributed by atoms with Crippen molar-refractivity contribution < 1.29 is 23.6 Å². The largest absolute Gasteiger partial charge is 0.497 e. The fraction of sp³-hybridized carbons (Fsp3) is 0.476. The number of benzene rings is 1. The Kier molecular flexibility index (Phi) is 6.22. The Bertz CT molecular complexity index is 837. The molecular formula is C21H27N3O5. The summed E-state index contributed by atoms with van der Waals surface area (Å²) in [7, 11) is 4.87. The van der Waals surface area contributed by atoms with E-state index in [1.165, 1.54) is 13.4 Å². The topological polar surface area (TPSA) is 93.9 Å². The van der Waals surface area contributed by atoms with Gasteiger partial charge in [0.25, 0.3) is 0 Å². The second kappa shape index (κ2) is 8.65. The Morgan fingerprint density at radius 3 is 2.55 bits per heavy atom. The fourth-order valence-electron chi connectivity index (χ4n) is 4.24. The number of esters is 1. The maximum atomic E-state index is 13.1. The second-order valence-electron chi connectivity index (χ2n) is 7.22. The van der Waals surface area contributed by atoms with Gasteiger partial charge in [0, 0.05) is 12.1 Å². The molecule has 0 spiro atoms. The number of likely N-dealkylation sites (tertiary alicyclic amines) is 1. The first-order valence-electron chi connectivity index (χ1n) is 9.59. The van der Waals surface area contributed by atoms with Crippen LogP contribution in [0.3, 0.4) is 0 Å². The fourth-order valence-corrected chi connectivity index (χ4v) is 4.24. The molecule has 8 nitrogen and oxygen atoms in total. The van der Waals surface area contributed by atoms with E-state index in [9.17, 15) is 9.59 Å². The van der Waals surface area contributed by atoms with Crippen LogP contribution in [0.15, 0.2) is 41.1 Å². The minimum absolute atomic E-state index is 0.139. The molecule has 29 heavy (non-hydrogen) atoms. The van der Waals surface area contributed by atoms with Gasteiger partial charge in [0.05, 0.1) is 26.7 Å². The second-order valence-corrected chi connectivity index (χ2v) is 7.22. The molecule has 1 fully saturated rings. The molecular weight excluding hydrogens is 374 g/mol. The van der Waals surface area contributed by atoms with Crippen LogP contribution < -0.4 is 10.1 Å². The summed E-state index contributed by atoms with van der Waals surface area (Å²) in [6.07, 6.45) is 2.37. The van der Waals surface area contributed by atoms with Gasteiger partial charge in [-0.05, 0) is 37.6 Å². The molecule has 3 atom stereocenters. The molecule has 0 bridgehead atoms. The van der Waals surface area contributed by atoms with Crippen molar-refractivity contribution in [3.05, 3.63) is 47.9 Å². The van der Waals surface area contributed by atoms with Crippen molar-refractivity contribution in [2.45, 2.75) is 37.9 Å². The Hall–Kier alpha value is -2.87. The summed E-state index contributed by atoms with van der Waals surface area (Å²) >= 11 is 0. The number of amides is 1. The summed E-state index contributed by atoms with van der Waals surface area (Å²) in [6, 6.07) is 9.00. The number of ether oxygens (including phenoxy) is 2.